The number of ether oxygens (including phenoxy) is 1. The van der Waals surface area contributed by atoms with Crippen molar-refractivity contribution in [2.45, 2.75) is 0 Å². The lowest BCUT2D eigenvalue weighted by molar-refractivity contribution is 0.122. The number of nitrogens with one attached hydrogen (secondary N) is 1. The molecule has 1 N–H and O–H groups in total. The van der Waals surface area contributed by atoms with E-state index in [0.717, 1.165) is 54.5 Å². The summed E-state index contributed by atoms with van der Waals surface area (Å²) in [6, 6.07) is 22.0. The van der Waals surface area contributed by atoms with Crippen LogP contribution in [0.4, 0.5) is 17.3 Å². The fourth-order valence-electron chi connectivity index (χ4n) is 4.11. The molecule has 178 valence electrons. The molecule has 9 heteroatoms. The molecule has 0 aliphatic carbocycles. The third-order valence-electron chi connectivity index (χ3n) is 5.99. The average molecular weight is 477 g/mol. The SMILES string of the molecule is c1cc(-c2ccnc(Nc3ccc(-n4cnc(-c5ccncc5)n4)cc3)n2)cc(N2CCOCC2)c1. The van der Waals surface area contributed by atoms with Gasteiger partial charge >= 0.3 is 0 Å². The fourth-order valence-corrected chi connectivity index (χ4v) is 4.11. The molecule has 9 nitrogen and oxygen atoms in total. The Bertz CT molecular complexity index is 1450. The van der Waals surface area contributed by atoms with Gasteiger partial charge in [0, 0.05) is 54.2 Å². The molecular formula is C27H24N8O. The Kier molecular flexibility index (Phi) is 6.03. The van der Waals surface area contributed by atoms with E-state index in [0.29, 0.717) is 11.8 Å². The van der Waals surface area contributed by atoms with Crippen LogP contribution in [0.15, 0.2) is 91.6 Å². The van der Waals surface area contributed by atoms with E-state index in [1.54, 1.807) is 29.6 Å². The van der Waals surface area contributed by atoms with Crippen LogP contribution in [0.2, 0.25) is 0 Å². The van der Waals surface area contributed by atoms with Gasteiger partial charge in [-0.15, -0.1) is 5.10 Å². The average Bonchev–Trinajstić information content (AvgIpc) is 3.45. The first-order valence-corrected chi connectivity index (χ1v) is 11.8. The monoisotopic (exact) mass is 476 g/mol. The second kappa shape index (κ2) is 9.93. The van der Waals surface area contributed by atoms with E-state index in [2.05, 4.69) is 54.5 Å². The van der Waals surface area contributed by atoms with E-state index in [1.165, 1.54) is 5.69 Å². The first-order chi connectivity index (χ1) is 17.8. The quantitative estimate of drug-likeness (QED) is 0.386. The predicted octanol–water partition coefficient (Wildman–Crippen LogP) is 4.37. The van der Waals surface area contributed by atoms with Crippen LogP contribution in [0, 0.1) is 0 Å². The van der Waals surface area contributed by atoms with Gasteiger partial charge in [0.05, 0.1) is 24.6 Å². The lowest BCUT2D eigenvalue weighted by atomic mass is 10.1. The Balaban J connectivity index is 1.17. The minimum atomic E-state index is 0.540. The lowest BCUT2D eigenvalue weighted by Crippen LogP contribution is -2.36. The second-order valence-electron chi connectivity index (χ2n) is 8.34. The number of morpholine rings is 1. The predicted molar refractivity (Wildman–Crippen MR) is 138 cm³/mol. The van der Waals surface area contributed by atoms with Crippen LogP contribution in [-0.4, -0.2) is 56.0 Å². The maximum absolute atomic E-state index is 5.48. The summed E-state index contributed by atoms with van der Waals surface area (Å²) in [6.45, 7) is 3.31. The number of hydrogen-bond acceptors (Lipinski definition) is 8. The number of aromatic nitrogens is 6. The first kappa shape index (κ1) is 21.9. The van der Waals surface area contributed by atoms with Crippen molar-refractivity contribution in [2.24, 2.45) is 0 Å². The summed E-state index contributed by atoms with van der Waals surface area (Å²) in [6.07, 6.45) is 6.94. The third-order valence-corrected chi connectivity index (χ3v) is 5.99. The molecule has 0 saturated carbocycles. The summed E-state index contributed by atoms with van der Waals surface area (Å²) in [5, 5.41) is 7.87. The molecule has 0 atom stereocenters. The number of anilines is 3. The van der Waals surface area contributed by atoms with E-state index in [1.807, 2.05) is 42.5 Å². The maximum Gasteiger partial charge on any atom is 0.227 e. The standard InChI is InChI=1S/C27H24N8O/c1-2-21(18-24(3-1)34-14-16-36-17-15-34)25-10-13-29-27(32-25)31-22-4-6-23(7-5-22)35-19-30-26(33-35)20-8-11-28-12-9-20/h1-13,18-19H,14-17H2,(H,29,31,32). The zero-order valence-corrected chi connectivity index (χ0v) is 19.5. The Morgan fingerprint density at radius 3 is 2.44 bits per heavy atom. The van der Waals surface area contributed by atoms with Crippen LogP contribution in [-0.2, 0) is 4.74 Å². The Hall–Kier alpha value is -4.63. The number of hydrogen-bond donors (Lipinski definition) is 1. The van der Waals surface area contributed by atoms with E-state index < -0.39 is 0 Å². The van der Waals surface area contributed by atoms with Crippen molar-refractivity contribution in [3.63, 3.8) is 0 Å². The van der Waals surface area contributed by atoms with E-state index >= 15 is 0 Å². The molecule has 6 rings (SSSR count). The normalized spacial score (nSPS) is 13.5. The summed E-state index contributed by atoms with van der Waals surface area (Å²) in [4.78, 5) is 19.9. The smallest absolute Gasteiger partial charge is 0.227 e. The molecular weight excluding hydrogens is 452 g/mol. The Labute approximate surface area is 208 Å². The van der Waals surface area contributed by atoms with Crippen LogP contribution in [0.5, 0.6) is 0 Å². The van der Waals surface area contributed by atoms with Gasteiger partial charge in [0.1, 0.15) is 6.33 Å². The summed E-state index contributed by atoms with van der Waals surface area (Å²) < 4.78 is 7.23. The topological polar surface area (TPSA) is 93.9 Å². The van der Waals surface area contributed by atoms with Crippen LogP contribution in [0.3, 0.4) is 0 Å². The molecule has 3 aromatic heterocycles. The molecule has 0 radical (unpaired) electrons. The number of nitrogens with zero attached hydrogens (tertiary/aromatic N) is 7. The van der Waals surface area contributed by atoms with Crippen LogP contribution < -0.4 is 10.2 Å². The van der Waals surface area contributed by atoms with Crippen LogP contribution in [0.1, 0.15) is 0 Å². The van der Waals surface area contributed by atoms with Gasteiger partial charge in [-0.3, -0.25) is 4.98 Å². The summed E-state index contributed by atoms with van der Waals surface area (Å²) in [7, 11) is 0. The second-order valence-corrected chi connectivity index (χ2v) is 8.34. The van der Waals surface area contributed by atoms with Crippen molar-refractivity contribution in [3.8, 4) is 28.3 Å². The van der Waals surface area contributed by atoms with Gasteiger partial charge in [0.15, 0.2) is 5.82 Å². The van der Waals surface area contributed by atoms with Gasteiger partial charge in [0.2, 0.25) is 5.95 Å². The van der Waals surface area contributed by atoms with Crippen molar-refractivity contribution in [1.82, 2.24) is 29.7 Å². The molecule has 0 unspecified atom stereocenters. The van der Waals surface area contributed by atoms with Crippen molar-refractivity contribution >= 4 is 17.3 Å². The van der Waals surface area contributed by atoms with Gasteiger partial charge in [-0.1, -0.05) is 12.1 Å². The number of benzene rings is 2. The highest BCUT2D eigenvalue weighted by molar-refractivity contribution is 5.67. The van der Waals surface area contributed by atoms with Crippen LogP contribution >= 0.6 is 0 Å². The molecule has 0 bridgehead atoms. The van der Waals surface area contributed by atoms with E-state index in [4.69, 9.17) is 9.72 Å². The molecule has 1 aliphatic heterocycles. The highest BCUT2D eigenvalue weighted by Crippen LogP contribution is 2.25. The third kappa shape index (κ3) is 4.77. The van der Waals surface area contributed by atoms with Gasteiger partial charge in [0.25, 0.3) is 0 Å². The number of pyridine rings is 1. The number of rotatable bonds is 6. The van der Waals surface area contributed by atoms with Gasteiger partial charge in [-0.25, -0.2) is 19.6 Å². The minimum Gasteiger partial charge on any atom is -0.378 e. The first-order valence-electron chi connectivity index (χ1n) is 11.8. The summed E-state index contributed by atoms with van der Waals surface area (Å²) >= 11 is 0. The summed E-state index contributed by atoms with van der Waals surface area (Å²) in [5.74, 6) is 1.19. The molecule has 1 saturated heterocycles. The summed E-state index contributed by atoms with van der Waals surface area (Å²) in [5.41, 5.74) is 5.81. The maximum atomic E-state index is 5.48. The largest absolute Gasteiger partial charge is 0.378 e. The van der Waals surface area contributed by atoms with Gasteiger partial charge < -0.3 is 15.0 Å². The molecule has 0 spiro atoms. The van der Waals surface area contributed by atoms with E-state index in [9.17, 15) is 0 Å². The highest BCUT2D eigenvalue weighted by Gasteiger charge is 2.12. The van der Waals surface area contributed by atoms with Gasteiger partial charge in [-0.2, -0.15) is 0 Å². The van der Waals surface area contributed by atoms with Gasteiger partial charge in [-0.05, 0) is 54.6 Å². The highest BCUT2D eigenvalue weighted by atomic mass is 16.5. The Morgan fingerprint density at radius 1 is 0.778 bits per heavy atom. The van der Waals surface area contributed by atoms with Crippen molar-refractivity contribution in [2.75, 3.05) is 36.5 Å². The molecule has 1 fully saturated rings. The molecule has 36 heavy (non-hydrogen) atoms. The molecule has 2 aromatic carbocycles. The van der Waals surface area contributed by atoms with Crippen molar-refractivity contribution in [3.05, 3.63) is 91.6 Å². The Morgan fingerprint density at radius 2 is 1.61 bits per heavy atom. The van der Waals surface area contributed by atoms with Crippen LogP contribution in [0.25, 0.3) is 28.3 Å². The molecule has 5 aromatic rings. The fraction of sp³-hybridized carbons (Fsp3) is 0.148. The lowest BCUT2D eigenvalue weighted by Gasteiger charge is -2.29. The molecule has 0 amide bonds. The van der Waals surface area contributed by atoms with E-state index in [-0.39, 0.29) is 0 Å². The molecule has 4 heterocycles. The zero-order chi connectivity index (χ0) is 24.2. The zero-order valence-electron chi connectivity index (χ0n) is 19.5. The van der Waals surface area contributed by atoms with Crippen molar-refractivity contribution < 1.29 is 4.74 Å². The minimum absolute atomic E-state index is 0.540. The molecule has 1 aliphatic rings. The van der Waals surface area contributed by atoms with Crippen molar-refractivity contribution in [1.29, 1.82) is 0 Å².